The van der Waals surface area contributed by atoms with Crippen LogP contribution < -0.4 is 0 Å². The minimum Gasteiger partial charge on any atom is -0.457 e. The third-order valence-corrected chi connectivity index (χ3v) is 3.46. The first-order valence-electron chi connectivity index (χ1n) is 5.93. The minimum atomic E-state index is -0.989. The average Bonchev–Trinajstić information content (AvgIpc) is 2.88. The number of rotatable bonds is 2. The predicted octanol–water partition coefficient (Wildman–Crippen LogP) is 0.164. The third-order valence-electron chi connectivity index (χ3n) is 3.46. The Morgan fingerprint density at radius 3 is 2.67 bits per heavy atom. The molecule has 5 atom stereocenters. The van der Waals surface area contributed by atoms with Crippen molar-refractivity contribution in [2.24, 2.45) is 0 Å². The van der Waals surface area contributed by atoms with Gasteiger partial charge in [0.15, 0.2) is 6.10 Å². The van der Waals surface area contributed by atoms with E-state index >= 15 is 0 Å². The second-order valence-corrected chi connectivity index (χ2v) is 4.64. The lowest BCUT2D eigenvalue weighted by Crippen LogP contribution is -2.35. The van der Waals surface area contributed by atoms with Crippen LogP contribution in [0, 0.1) is 0 Å². The van der Waals surface area contributed by atoms with E-state index in [4.69, 9.17) is 9.47 Å². The van der Waals surface area contributed by atoms with Crippen molar-refractivity contribution in [1.29, 1.82) is 0 Å². The zero-order chi connectivity index (χ0) is 12.7. The largest absolute Gasteiger partial charge is 0.457 e. The van der Waals surface area contributed by atoms with Gasteiger partial charge < -0.3 is 19.7 Å². The normalized spacial score (nSPS) is 36.2. The standard InChI is InChI=1S/C13H14O5/c14-9-6-8-12(18-9)11(16)13(17-8)10(15)7-4-2-1-3-5-7/h1-5,8,10-13,15-16H,6H2/t8-,10+,11-,12+,13?/m1/s1. The van der Waals surface area contributed by atoms with Crippen molar-refractivity contribution in [3.63, 3.8) is 0 Å². The van der Waals surface area contributed by atoms with Crippen LogP contribution in [0.5, 0.6) is 0 Å². The molecular formula is C13H14O5. The van der Waals surface area contributed by atoms with Crippen molar-refractivity contribution in [3.8, 4) is 0 Å². The van der Waals surface area contributed by atoms with Gasteiger partial charge in [-0.2, -0.15) is 0 Å². The van der Waals surface area contributed by atoms with Gasteiger partial charge in [-0.05, 0) is 5.56 Å². The quantitative estimate of drug-likeness (QED) is 0.731. The number of esters is 1. The van der Waals surface area contributed by atoms with Gasteiger partial charge >= 0.3 is 5.97 Å². The summed E-state index contributed by atoms with van der Waals surface area (Å²) in [7, 11) is 0. The summed E-state index contributed by atoms with van der Waals surface area (Å²) in [5.41, 5.74) is 0.674. The van der Waals surface area contributed by atoms with E-state index in [-0.39, 0.29) is 12.4 Å². The first-order chi connectivity index (χ1) is 8.66. The van der Waals surface area contributed by atoms with Crippen molar-refractivity contribution in [2.45, 2.75) is 36.9 Å². The van der Waals surface area contributed by atoms with Crippen molar-refractivity contribution in [1.82, 2.24) is 0 Å². The third kappa shape index (κ3) is 1.80. The van der Waals surface area contributed by atoms with E-state index in [9.17, 15) is 15.0 Å². The summed E-state index contributed by atoms with van der Waals surface area (Å²) in [5.74, 6) is -0.364. The molecule has 2 heterocycles. The number of hydrogen-bond acceptors (Lipinski definition) is 5. The molecule has 2 aliphatic rings. The molecule has 1 aromatic carbocycles. The summed E-state index contributed by atoms with van der Waals surface area (Å²) in [6.45, 7) is 0. The maximum atomic E-state index is 11.1. The number of hydrogen-bond donors (Lipinski definition) is 2. The fourth-order valence-corrected chi connectivity index (χ4v) is 2.54. The molecule has 18 heavy (non-hydrogen) atoms. The Morgan fingerprint density at radius 2 is 2.00 bits per heavy atom. The number of fused-ring (bicyclic) bond motifs is 1. The molecule has 5 nitrogen and oxygen atoms in total. The first kappa shape index (κ1) is 11.6. The van der Waals surface area contributed by atoms with Crippen LogP contribution in [0.15, 0.2) is 30.3 Å². The van der Waals surface area contributed by atoms with E-state index in [1.165, 1.54) is 0 Å². The SMILES string of the molecule is O=C1C[C@H]2OC([C@@H](O)c3ccccc3)[C@H](O)[C@H]2O1. The van der Waals surface area contributed by atoms with Gasteiger partial charge in [-0.3, -0.25) is 4.79 Å². The van der Waals surface area contributed by atoms with Crippen molar-refractivity contribution >= 4 is 5.97 Å². The fraction of sp³-hybridized carbons (Fsp3) is 0.462. The summed E-state index contributed by atoms with van der Waals surface area (Å²) in [5, 5.41) is 20.2. The van der Waals surface area contributed by atoms with Gasteiger partial charge in [-0.25, -0.2) is 0 Å². The lowest BCUT2D eigenvalue weighted by Gasteiger charge is -2.22. The van der Waals surface area contributed by atoms with Gasteiger partial charge in [0.1, 0.15) is 24.4 Å². The maximum Gasteiger partial charge on any atom is 0.309 e. The highest BCUT2D eigenvalue weighted by Crippen LogP contribution is 2.36. The molecule has 0 spiro atoms. The highest BCUT2D eigenvalue weighted by Gasteiger charge is 2.53. The molecule has 96 valence electrons. The molecule has 0 saturated carbocycles. The summed E-state index contributed by atoms with van der Waals surface area (Å²) in [6, 6.07) is 8.99. The van der Waals surface area contributed by atoms with Gasteiger partial charge in [0.25, 0.3) is 0 Å². The number of carbonyl (C=O) groups excluding carboxylic acids is 1. The van der Waals surface area contributed by atoms with Gasteiger partial charge in [0.2, 0.25) is 0 Å². The average molecular weight is 250 g/mol. The summed E-state index contributed by atoms with van der Waals surface area (Å²) < 4.78 is 10.5. The molecule has 2 fully saturated rings. The zero-order valence-electron chi connectivity index (χ0n) is 9.60. The van der Waals surface area contributed by atoms with Crippen LogP contribution in [0.3, 0.4) is 0 Å². The molecule has 2 saturated heterocycles. The molecule has 0 amide bonds. The Hall–Kier alpha value is -1.43. The van der Waals surface area contributed by atoms with E-state index < -0.39 is 30.5 Å². The van der Waals surface area contributed by atoms with Gasteiger partial charge in [-0.1, -0.05) is 30.3 Å². The van der Waals surface area contributed by atoms with Crippen LogP contribution in [0.25, 0.3) is 0 Å². The molecule has 5 heteroatoms. The number of carbonyl (C=O) groups is 1. The van der Waals surface area contributed by atoms with Gasteiger partial charge in [-0.15, -0.1) is 0 Å². The van der Waals surface area contributed by atoms with Crippen LogP contribution >= 0.6 is 0 Å². The van der Waals surface area contributed by atoms with E-state index in [1.807, 2.05) is 6.07 Å². The highest BCUT2D eigenvalue weighted by molar-refractivity contribution is 5.73. The molecule has 2 N–H and O–H groups in total. The minimum absolute atomic E-state index is 0.139. The molecule has 0 radical (unpaired) electrons. The van der Waals surface area contributed by atoms with Crippen LogP contribution in [-0.2, 0) is 14.3 Å². The second-order valence-electron chi connectivity index (χ2n) is 4.64. The van der Waals surface area contributed by atoms with Crippen molar-refractivity contribution in [2.75, 3.05) is 0 Å². The number of benzene rings is 1. The highest BCUT2D eigenvalue weighted by atomic mass is 16.6. The lowest BCUT2D eigenvalue weighted by atomic mass is 9.99. The van der Waals surface area contributed by atoms with Crippen LogP contribution in [-0.4, -0.2) is 40.6 Å². The molecule has 1 aromatic rings. The Kier molecular flexibility index (Phi) is 2.81. The smallest absolute Gasteiger partial charge is 0.309 e. The second kappa shape index (κ2) is 4.35. The van der Waals surface area contributed by atoms with Gasteiger partial charge in [0.05, 0.1) is 6.42 Å². The fourth-order valence-electron chi connectivity index (χ4n) is 2.54. The van der Waals surface area contributed by atoms with Gasteiger partial charge in [0, 0.05) is 0 Å². The van der Waals surface area contributed by atoms with E-state index in [0.29, 0.717) is 5.56 Å². The predicted molar refractivity (Wildman–Crippen MR) is 60.6 cm³/mol. The molecule has 1 unspecified atom stereocenters. The lowest BCUT2D eigenvalue weighted by molar-refractivity contribution is -0.147. The van der Waals surface area contributed by atoms with E-state index in [1.54, 1.807) is 24.3 Å². The summed E-state index contributed by atoms with van der Waals surface area (Å²) in [6.07, 6.45) is -3.63. The Balaban J connectivity index is 1.77. The zero-order valence-corrected chi connectivity index (χ0v) is 9.60. The Morgan fingerprint density at radius 1 is 1.28 bits per heavy atom. The summed E-state index contributed by atoms with van der Waals surface area (Å²) in [4.78, 5) is 11.1. The van der Waals surface area contributed by atoms with Crippen molar-refractivity contribution in [3.05, 3.63) is 35.9 Å². The van der Waals surface area contributed by atoms with E-state index in [0.717, 1.165) is 0 Å². The number of ether oxygens (including phenoxy) is 2. The molecule has 0 bridgehead atoms. The monoisotopic (exact) mass is 250 g/mol. The number of aliphatic hydroxyl groups is 2. The van der Waals surface area contributed by atoms with Crippen LogP contribution in [0.4, 0.5) is 0 Å². The van der Waals surface area contributed by atoms with Crippen LogP contribution in [0.1, 0.15) is 18.1 Å². The Bertz CT molecular complexity index is 446. The first-order valence-corrected chi connectivity index (χ1v) is 5.93. The molecule has 2 aliphatic heterocycles. The van der Waals surface area contributed by atoms with E-state index in [2.05, 4.69) is 0 Å². The molecule has 3 rings (SSSR count). The molecule has 0 aromatic heterocycles. The van der Waals surface area contributed by atoms with Crippen molar-refractivity contribution < 1.29 is 24.5 Å². The topological polar surface area (TPSA) is 76.0 Å². The van der Waals surface area contributed by atoms with Crippen LogP contribution in [0.2, 0.25) is 0 Å². The number of aliphatic hydroxyl groups excluding tert-OH is 2. The molecular weight excluding hydrogens is 236 g/mol. The maximum absolute atomic E-state index is 11.1. The Labute approximate surface area is 104 Å². The molecule has 0 aliphatic carbocycles. The summed E-state index contributed by atoms with van der Waals surface area (Å²) >= 11 is 0.